The van der Waals surface area contributed by atoms with E-state index in [9.17, 15) is 0 Å². The summed E-state index contributed by atoms with van der Waals surface area (Å²) in [6.45, 7) is 3.96. The Hall–Kier alpha value is -2.51. The Morgan fingerprint density at radius 1 is 1.00 bits per heavy atom. The third-order valence-electron chi connectivity index (χ3n) is 4.75. The van der Waals surface area contributed by atoms with Crippen molar-refractivity contribution in [2.24, 2.45) is 0 Å². The van der Waals surface area contributed by atoms with E-state index in [-0.39, 0.29) is 0 Å². The van der Waals surface area contributed by atoms with Crippen molar-refractivity contribution in [2.45, 2.75) is 0 Å². The van der Waals surface area contributed by atoms with Crippen molar-refractivity contribution in [1.29, 1.82) is 0 Å². The number of benzene rings is 1. The van der Waals surface area contributed by atoms with Gasteiger partial charge < -0.3 is 9.80 Å². The maximum absolute atomic E-state index is 4.92. The molecule has 1 fully saturated rings. The van der Waals surface area contributed by atoms with Gasteiger partial charge in [-0.1, -0.05) is 18.2 Å². The third kappa shape index (κ3) is 2.47. The highest BCUT2D eigenvalue weighted by Gasteiger charge is 2.20. The van der Waals surface area contributed by atoms with Crippen LogP contribution in [0.5, 0.6) is 0 Å². The number of rotatable bonds is 2. The fourth-order valence-corrected chi connectivity index (χ4v) is 4.23. The predicted octanol–water partition coefficient (Wildman–Crippen LogP) is 2.76. The summed E-state index contributed by atoms with van der Waals surface area (Å²) >= 11 is 1.74. The smallest absolute Gasteiger partial charge is 0.229 e. The number of thiophene rings is 1. The first-order chi connectivity index (χ1) is 12.3. The van der Waals surface area contributed by atoms with Crippen LogP contribution in [-0.2, 0) is 0 Å². The van der Waals surface area contributed by atoms with Crippen LogP contribution in [0.4, 0.5) is 5.95 Å². The van der Waals surface area contributed by atoms with E-state index in [1.807, 2.05) is 10.6 Å². The highest BCUT2D eigenvalue weighted by molar-refractivity contribution is 7.17. The van der Waals surface area contributed by atoms with Crippen LogP contribution in [0.3, 0.4) is 0 Å². The van der Waals surface area contributed by atoms with Crippen molar-refractivity contribution < 1.29 is 0 Å². The van der Waals surface area contributed by atoms with Crippen molar-refractivity contribution in [1.82, 2.24) is 24.5 Å². The molecule has 0 bridgehead atoms. The average molecular weight is 350 g/mol. The predicted molar refractivity (Wildman–Crippen MR) is 101 cm³/mol. The topological polar surface area (TPSA) is 49.6 Å². The Morgan fingerprint density at radius 2 is 1.84 bits per heavy atom. The van der Waals surface area contributed by atoms with Gasteiger partial charge in [0.1, 0.15) is 0 Å². The lowest BCUT2D eigenvalue weighted by Gasteiger charge is -2.32. The van der Waals surface area contributed by atoms with Crippen molar-refractivity contribution >= 4 is 33.0 Å². The maximum Gasteiger partial charge on any atom is 0.229 e. The zero-order chi connectivity index (χ0) is 16.8. The molecular formula is C18H18N6S. The minimum absolute atomic E-state index is 0.798. The van der Waals surface area contributed by atoms with Gasteiger partial charge in [-0.3, -0.25) is 0 Å². The normalized spacial score (nSPS) is 16.1. The maximum atomic E-state index is 4.92. The molecule has 0 atom stereocenters. The van der Waals surface area contributed by atoms with Crippen LogP contribution < -0.4 is 4.90 Å². The van der Waals surface area contributed by atoms with Gasteiger partial charge in [0.25, 0.3) is 0 Å². The van der Waals surface area contributed by atoms with Gasteiger partial charge in [0.15, 0.2) is 11.5 Å². The van der Waals surface area contributed by atoms with E-state index in [0.717, 1.165) is 49.2 Å². The first-order valence-corrected chi connectivity index (χ1v) is 9.29. The molecule has 25 heavy (non-hydrogen) atoms. The Bertz CT molecular complexity index is 1040. The number of nitrogens with zero attached hydrogens (tertiary/aromatic N) is 6. The molecule has 4 heterocycles. The summed E-state index contributed by atoms with van der Waals surface area (Å²) < 4.78 is 3.10. The lowest BCUT2D eigenvalue weighted by atomic mass is 10.1. The number of piperazine rings is 1. The molecule has 5 rings (SSSR count). The largest absolute Gasteiger partial charge is 0.338 e. The standard InChI is InChI=1S/C18H18N6S/c1-22-8-10-23(11-9-22)18-20-16-6-7-19-24(16)17(21-18)14-12-25-15-5-3-2-4-13(14)15/h2-7,12H,8-11H2,1H3. The van der Waals surface area contributed by atoms with Gasteiger partial charge in [0, 0.05) is 53.3 Å². The molecule has 1 saturated heterocycles. The quantitative estimate of drug-likeness (QED) is 0.556. The molecule has 0 unspecified atom stereocenters. The second-order valence-electron chi connectivity index (χ2n) is 6.38. The number of hydrogen-bond donors (Lipinski definition) is 0. The van der Waals surface area contributed by atoms with Crippen molar-refractivity contribution in [3.63, 3.8) is 0 Å². The van der Waals surface area contributed by atoms with Gasteiger partial charge in [-0.05, 0) is 13.1 Å². The van der Waals surface area contributed by atoms with Crippen LogP contribution in [0.15, 0.2) is 41.9 Å². The molecule has 0 aliphatic carbocycles. The summed E-state index contributed by atoms with van der Waals surface area (Å²) in [6, 6.07) is 10.4. The summed E-state index contributed by atoms with van der Waals surface area (Å²) in [5.74, 6) is 1.66. The molecule has 1 aliphatic heterocycles. The third-order valence-corrected chi connectivity index (χ3v) is 5.72. The summed E-state index contributed by atoms with van der Waals surface area (Å²) in [7, 11) is 2.15. The summed E-state index contributed by atoms with van der Waals surface area (Å²) in [5, 5.41) is 7.83. The van der Waals surface area contributed by atoms with Crippen molar-refractivity contribution in [3.8, 4) is 11.4 Å². The lowest BCUT2D eigenvalue weighted by molar-refractivity contribution is 0.311. The van der Waals surface area contributed by atoms with Gasteiger partial charge in [-0.25, -0.2) is 0 Å². The van der Waals surface area contributed by atoms with Crippen LogP contribution >= 0.6 is 11.3 Å². The summed E-state index contributed by atoms with van der Waals surface area (Å²) in [6.07, 6.45) is 1.79. The molecule has 3 aromatic heterocycles. The van der Waals surface area contributed by atoms with E-state index in [2.05, 4.69) is 51.6 Å². The summed E-state index contributed by atoms with van der Waals surface area (Å²) in [4.78, 5) is 14.3. The molecule has 0 spiro atoms. The first kappa shape index (κ1) is 14.8. The average Bonchev–Trinajstić information content (AvgIpc) is 3.28. The number of aromatic nitrogens is 4. The van der Waals surface area contributed by atoms with E-state index >= 15 is 0 Å². The Labute approximate surface area is 149 Å². The van der Waals surface area contributed by atoms with Crippen LogP contribution in [0, 0.1) is 0 Å². The zero-order valence-electron chi connectivity index (χ0n) is 14.0. The van der Waals surface area contributed by atoms with Gasteiger partial charge >= 0.3 is 0 Å². The lowest BCUT2D eigenvalue weighted by Crippen LogP contribution is -2.45. The molecule has 7 heteroatoms. The van der Waals surface area contributed by atoms with E-state index in [0.29, 0.717) is 0 Å². The fourth-order valence-electron chi connectivity index (χ4n) is 3.29. The molecule has 4 aromatic rings. The number of anilines is 1. The van der Waals surface area contributed by atoms with E-state index in [4.69, 9.17) is 9.97 Å². The second-order valence-corrected chi connectivity index (χ2v) is 7.30. The van der Waals surface area contributed by atoms with Crippen LogP contribution in [0.1, 0.15) is 0 Å². The van der Waals surface area contributed by atoms with E-state index in [1.165, 1.54) is 10.1 Å². The van der Waals surface area contributed by atoms with Gasteiger partial charge in [0.2, 0.25) is 5.95 Å². The molecular weight excluding hydrogens is 332 g/mol. The van der Waals surface area contributed by atoms with Gasteiger partial charge in [-0.2, -0.15) is 19.6 Å². The van der Waals surface area contributed by atoms with Crippen molar-refractivity contribution in [2.75, 3.05) is 38.1 Å². The van der Waals surface area contributed by atoms with E-state index < -0.39 is 0 Å². The second kappa shape index (κ2) is 5.79. The Kier molecular flexibility index (Phi) is 3.43. The number of likely N-dealkylation sites (N-methyl/N-ethyl adjacent to an activating group) is 1. The SMILES string of the molecule is CN1CCN(c2nc(-c3csc4ccccc34)n3nccc3n2)CC1. The molecule has 126 valence electrons. The van der Waals surface area contributed by atoms with Gasteiger partial charge in [0.05, 0.1) is 6.20 Å². The van der Waals surface area contributed by atoms with Crippen LogP contribution in [0.25, 0.3) is 27.1 Å². The van der Waals surface area contributed by atoms with Crippen LogP contribution in [0.2, 0.25) is 0 Å². The molecule has 1 aromatic carbocycles. The minimum Gasteiger partial charge on any atom is -0.338 e. The fraction of sp³-hybridized carbons (Fsp3) is 0.278. The number of fused-ring (bicyclic) bond motifs is 2. The van der Waals surface area contributed by atoms with Crippen LogP contribution in [-0.4, -0.2) is 57.7 Å². The first-order valence-electron chi connectivity index (χ1n) is 8.41. The highest BCUT2D eigenvalue weighted by atomic mass is 32.1. The molecule has 0 radical (unpaired) electrons. The summed E-state index contributed by atoms with van der Waals surface area (Å²) in [5.41, 5.74) is 1.96. The molecule has 0 saturated carbocycles. The minimum atomic E-state index is 0.798. The van der Waals surface area contributed by atoms with E-state index in [1.54, 1.807) is 17.5 Å². The Balaban J connectivity index is 1.68. The highest BCUT2D eigenvalue weighted by Crippen LogP contribution is 2.33. The zero-order valence-corrected chi connectivity index (χ0v) is 14.8. The molecule has 0 amide bonds. The molecule has 1 aliphatic rings. The monoisotopic (exact) mass is 350 g/mol. The van der Waals surface area contributed by atoms with Gasteiger partial charge in [-0.15, -0.1) is 11.3 Å². The Morgan fingerprint density at radius 3 is 2.72 bits per heavy atom. The number of hydrogen-bond acceptors (Lipinski definition) is 6. The molecule has 0 N–H and O–H groups in total. The van der Waals surface area contributed by atoms with Crippen molar-refractivity contribution in [3.05, 3.63) is 41.9 Å². The molecule has 6 nitrogen and oxygen atoms in total.